The van der Waals surface area contributed by atoms with E-state index in [1.807, 2.05) is 13.0 Å². The summed E-state index contributed by atoms with van der Waals surface area (Å²) in [6.45, 7) is 3.23. The van der Waals surface area contributed by atoms with E-state index in [0.717, 1.165) is 18.0 Å². The zero-order valence-corrected chi connectivity index (χ0v) is 13.6. The van der Waals surface area contributed by atoms with Gasteiger partial charge in [-0.15, -0.1) is 12.4 Å². The largest absolute Gasteiger partial charge is 0.348 e. The van der Waals surface area contributed by atoms with Gasteiger partial charge in [-0.05, 0) is 49.9 Å². The highest BCUT2D eigenvalue weighted by atomic mass is 35.5. The van der Waals surface area contributed by atoms with E-state index in [0.29, 0.717) is 16.6 Å². The molecule has 0 aromatic heterocycles. The zero-order valence-electron chi connectivity index (χ0n) is 11.3. The van der Waals surface area contributed by atoms with Crippen molar-refractivity contribution in [3.63, 3.8) is 0 Å². The average molecular weight is 338 g/mol. The zero-order chi connectivity index (χ0) is 13.8. The first kappa shape index (κ1) is 17.6. The minimum atomic E-state index is -0.0787. The Morgan fingerprint density at radius 1 is 1.35 bits per heavy atom. The molecule has 6 heteroatoms. The summed E-state index contributed by atoms with van der Waals surface area (Å²) < 4.78 is 0. The van der Waals surface area contributed by atoms with Crippen molar-refractivity contribution in [3.05, 3.63) is 33.8 Å². The Balaban J connectivity index is 0.00000200. The molecule has 1 unspecified atom stereocenters. The van der Waals surface area contributed by atoms with Gasteiger partial charge >= 0.3 is 0 Å². The third kappa shape index (κ3) is 5.49. The van der Waals surface area contributed by atoms with E-state index in [-0.39, 0.29) is 24.4 Å². The van der Waals surface area contributed by atoms with Gasteiger partial charge in [-0.25, -0.2) is 0 Å². The third-order valence-electron chi connectivity index (χ3n) is 3.24. The van der Waals surface area contributed by atoms with Crippen molar-refractivity contribution in [1.29, 1.82) is 0 Å². The van der Waals surface area contributed by atoms with E-state index in [1.165, 1.54) is 12.8 Å². The highest BCUT2D eigenvalue weighted by Gasteiger charge is 2.20. The van der Waals surface area contributed by atoms with Crippen LogP contribution in [0.15, 0.2) is 18.2 Å². The number of carbonyl (C=O) groups excluding carboxylic acids is 1. The second kappa shape index (κ2) is 8.08. The smallest absolute Gasteiger partial charge is 0.234 e. The highest BCUT2D eigenvalue weighted by molar-refractivity contribution is 6.42. The fourth-order valence-corrected chi connectivity index (χ4v) is 2.18. The summed E-state index contributed by atoms with van der Waals surface area (Å²) in [5.74, 6) is 0.777. The molecule has 1 aromatic carbocycles. The second-order valence-corrected chi connectivity index (χ2v) is 5.85. The molecular formula is C14H19Cl3N2O. The molecule has 1 atom stereocenters. The Morgan fingerprint density at radius 2 is 2.05 bits per heavy atom. The minimum absolute atomic E-state index is 0. The lowest BCUT2D eigenvalue weighted by molar-refractivity contribution is -0.120. The molecule has 0 saturated heterocycles. The van der Waals surface area contributed by atoms with Crippen molar-refractivity contribution in [2.45, 2.75) is 25.8 Å². The monoisotopic (exact) mass is 336 g/mol. The molecule has 3 nitrogen and oxygen atoms in total. The number of carbonyl (C=O) groups is 1. The first-order valence-corrected chi connectivity index (χ1v) is 7.27. The maximum absolute atomic E-state index is 11.7. The number of benzene rings is 1. The molecule has 1 saturated carbocycles. The van der Waals surface area contributed by atoms with Crippen LogP contribution in [0.25, 0.3) is 0 Å². The van der Waals surface area contributed by atoms with Crippen molar-refractivity contribution in [2.75, 3.05) is 13.1 Å². The van der Waals surface area contributed by atoms with Crippen LogP contribution in [-0.2, 0) is 4.79 Å². The Kier molecular flexibility index (Phi) is 7.10. The van der Waals surface area contributed by atoms with Gasteiger partial charge in [-0.2, -0.15) is 0 Å². The molecule has 0 spiro atoms. The summed E-state index contributed by atoms with van der Waals surface area (Å²) in [5, 5.41) is 7.13. The Bertz CT molecular complexity index is 464. The fourth-order valence-electron chi connectivity index (χ4n) is 1.87. The Morgan fingerprint density at radius 3 is 2.65 bits per heavy atom. The van der Waals surface area contributed by atoms with Crippen LogP contribution >= 0.6 is 35.6 Å². The van der Waals surface area contributed by atoms with Gasteiger partial charge in [-0.1, -0.05) is 29.3 Å². The lowest BCUT2D eigenvalue weighted by Crippen LogP contribution is -2.36. The number of hydrogen-bond acceptors (Lipinski definition) is 2. The van der Waals surface area contributed by atoms with Crippen molar-refractivity contribution in [3.8, 4) is 0 Å². The van der Waals surface area contributed by atoms with Crippen LogP contribution in [0.5, 0.6) is 0 Å². The molecular weight excluding hydrogens is 319 g/mol. The van der Waals surface area contributed by atoms with E-state index in [9.17, 15) is 4.79 Å². The van der Waals surface area contributed by atoms with E-state index in [2.05, 4.69) is 10.6 Å². The van der Waals surface area contributed by atoms with Crippen LogP contribution in [0, 0.1) is 5.92 Å². The maximum Gasteiger partial charge on any atom is 0.234 e. The summed E-state index contributed by atoms with van der Waals surface area (Å²) >= 11 is 11.8. The SMILES string of the molecule is CC(NC(=O)CNCC1CC1)c1ccc(Cl)c(Cl)c1.Cl. The van der Waals surface area contributed by atoms with Gasteiger partial charge in [0.25, 0.3) is 0 Å². The van der Waals surface area contributed by atoms with Gasteiger partial charge in [-0.3, -0.25) is 4.79 Å². The van der Waals surface area contributed by atoms with E-state index in [4.69, 9.17) is 23.2 Å². The fraction of sp³-hybridized carbons (Fsp3) is 0.500. The molecule has 0 aliphatic heterocycles. The van der Waals surface area contributed by atoms with Crippen LogP contribution in [0.2, 0.25) is 10.0 Å². The van der Waals surface area contributed by atoms with E-state index in [1.54, 1.807) is 12.1 Å². The van der Waals surface area contributed by atoms with Crippen LogP contribution in [0.3, 0.4) is 0 Å². The van der Waals surface area contributed by atoms with Gasteiger partial charge in [0, 0.05) is 0 Å². The van der Waals surface area contributed by atoms with Crippen LogP contribution in [0.1, 0.15) is 31.4 Å². The molecule has 0 radical (unpaired) electrons. The molecule has 1 aliphatic rings. The molecule has 1 amide bonds. The van der Waals surface area contributed by atoms with Crippen molar-refractivity contribution < 1.29 is 4.79 Å². The van der Waals surface area contributed by atoms with Gasteiger partial charge in [0.05, 0.1) is 22.6 Å². The predicted octanol–water partition coefficient (Wildman–Crippen LogP) is 3.59. The molecule has 0 bridgehead atoms. The van der Waals surface area contributed by atoms with Crippen LogP contribution in [0.4, 0.5) is 0 Å². The first-order chi connectivity index (χ1) is 9.06. The summed E-state index contributed by atoms with van der Waals surface area (Å²) in [6.07, 6.45) is 2.57. The summed E-state index contributed by atoms with van der Waals surface area (Å²) in [5.41, 5.74) is 0.949. The lowest BCUT2D eigenvalue weighted by Gasteiger charge is -2.15. The van der Waals surface area contributed by atoms with Gasteiger partial charge in [0.2, 0.25) is 5.91 Å². The number of nitrogens with one attached hydrogen (secondary N) is 2. The second-order valence-electron chi connectivity index (χ2n) is 5.04. The highest BCUT2D eigenvalue weighted by Crippen LogP contribution is 2.27. The van der Waals surface area contributed by atoms with Crippen molar-refractivity contribution in [2.24, 2.45) is 5.92 Å². The quantitative estimate of drug-likeness (QED) is 0.833. The van der Waals surface area contributed by atoms with Gasteiger partial charge < -0.3 is 10.6 Å². The van der Waals surface area contributed by atoms with Crippen LogP contribution in [-0.4, -0.2) is 19.0 Å². The van der Waals surface area contributed by atoms with Crippen molar-refractivity contribution >= 4 is 41.5 Å². The number of rotatable bonds is 6. The van der Waals surface area contributed by atoms with Crippen molar-refractivity contribution in [1.82, 2.24) is 10.6 Å². The molecule has 20 heavy (non-hydrogen) atoms. The maximum atomic E-state index is 11.7. The third-order valence-corrected chi connectivity index (χ3v) is 3.98. The molecule has 1 aliphatic carbocycles. The standard InChI is InChI=1S/C14H18Cl2N2O.ClH/c1-9(11-4-5-12(15)13(16)6-11)18-14(19)8-17-7-10-2-3-10;/h4-6,9-10,17H,2-3,7-8H2,1H3,(H,18,19);1H. The van der Waals surface area contributed by atoms with Crippen LogP contribution < -0.4 is 10.6 Å². The number of amides is 1. The molecule has 2 N–H and O–H groups in total. The Labute approximate surface area is 135 Å². The minimum Gasteiger partial charge on any atom is -0.348 e. The average Bonchev–Trinajstić information content (AvgIpc) is 3.16. The van der Waals surface area contributed by atoms with E-state index >= 15 is 0 Å². The summed E-state index contributed by atoms with van der Waals surface area (Å²) in [4.78, 5) is 11.7. The normalized spacial score (nSPS) is 15.3. The topological polar surface area (TPSA) is 41.1 Å². The number of halogens is 3. The lowest BCUT2D eigenvalue weighted by atomic mass is 10.1. The summed E-state index contributed by atoms with van der Waals surface area (Å²) in [7, 11) is 0. The molecule has 1 aromatic rings. The molecule has 112 valence electrons. The molecule has 0 heterocycles. The predicted molar refractivity (Wildman–Crippen MR) is 85.9 cm³/mol. The first-order valence-electron chi connectivity index (χ1n) is 6.51. The Hall–Kier alpha value is -0.480. The van der Waals surface area contributed by atoms with E-state index < -0.39 is 0 Å². The summed E-state index contributed by atoms with van der Waals surface area (Å²) in [6, 6.07) is 5.32. The molecule has 2 rings (SSSR count). The van der Waals surface area contributed by atoms with Gasteiger partial charge in [0.15, 0.2) is 0 Å². The molecule has 1 fully saturated rings. The van der Waals surface area contributed by atoms with Gasteiger partial charge in [0.1, 0.15) is 0 Å². The number of hydrogen-bond donors (Lipinski definition) is 2.